The summed E-state index contributed by atoms with van der Waals surface area (Å²) in [7, 11) is 0. The Bertz CT molecular complexity index is 1700. The Kier molecular flexibility index (Phi) is 7.92. The second-order valence-corrected chi connectivity index (χ2v) is 9.32. The summed E-state index contributed by atoms with van der Waals surface area (Å²) in [5.74, 6) is 1.49. The van der Waals surface area contributed by atoms with Crippen molar-refractivity contribution in [1.82, 2.24) is 4.98 Å². The van der Waals surface area contributed by atoms with E-state index in [1.165, 1.54) is 19.2 Å². The maximum absolute atomic E-state index is 13.9. The molecule has 0 aliphatic heterocycles. The highest BCUT2D eigenvalue weighted by Gasteiger charge is 2.34. The Labute approximate surface area is 235 Å². The average molecular weight is 558 g/mol. The fourth-order valence-electron chi connectivity index (χ4n) is 4.59. The van der Waals surface area contributed by atoms with E-state index in [0.717, 1.165) is 17.2 Å². The molecule has 5 aromatic rings. The monoisotopic (exact) mass is 557 g/mol. The SMILES string of the molecule is CCc1cc(COc2cccc(-c3c(Oc4ccccc4)cnc4c(C(F)(F)F)cccc34)c2)ccc1OC(C)=O. The van der Waals surface area contributed by atoms with Crippen molar-refractivity contribution in [2.75, 3.05) is 0 Å². The van der Waals surface area contributed by atoms with Crippen molar-refractivity contribution in [2.24, 2.45) is 0 Å². The van der Waals surface area contributed by atoms with Crippen LogP contribution >= 0.6 is 0 Å². The summed E-state index contributed by atoms with van der Waals surface area (Å²) >= 11 is 0. The van der Waals surface area contributed by atoms with Gasteiger partial charge in [-0.05, 0) is 65.6 Å². The minimum atomic E-state index is -4.57. The number of halogens is 3. The van der Waals surface area contributed by atoms with Gasteiger partial charge < -0.3 is 14.2 Å². The minimum absolute atomic E-state index is 0.165. The molecule has 0 fully saturated rings. The molecule has 208 valence electrons. The van der Waals surface area contributed by atoms with Crippen molar-refractivity contribution in [3.05, 3.63) is 114 Å². The summed E-state index contributed by atoms with van der Waals surface area (Å²) in [6.07, 6.45) is -2.57. The Balaban J connectivity index is 1.52. The Morgan fingerprint density at radius 1 is 0.854 bits per heavy atom. The highest BCUT2D eigenvalue weighted by molar-refractivity contribution is 5.99. The van der Waals surface area contributed by atoms with Crippen LogP contribution in [0.4, 0.5) is 13.2 Å². The lowest BCUT2D eigenvalue weighted by Gasteiger charge is -2.17. The predicted molar refractivity (Wildman–Crippen MR) is 150 cm³/mol. The van der Waals surface area contributed by atoms with Gasteiger partial charge in [0, 0.05) is 17.9 Å². The molecule has 0 aliphatic rings. The molecule has 0 bridgehead atoms. The van der Waals surface area contributed by atoms with E-state index in [1.54, 1.807) is 48.5 Å². The number of aromatic nitrogens is 1. The first-order valence-electron chi connectivity index (χ1n) is 13.0. The summed E-state index contributed by atoms with van der Waals surface area (Å²) < 4.78 is 59.0. The number of para-hydroxylation sites is 2. The van der Waals surface area contributed by atoms with Crippen LogP contribution in [0.25, 0.3) is 22.0 Å². The van der Waals surface area contributed by atoms with Gasteiger partial charge in [0.2, 0.25) is 0 Å². The van der Waals surface area contributed by atoms with Gasteiger partial charge in [-0.3, -0.25) is 9.78 Å². The van der Waals surface area contributed by atoms with Gasteiger partial charge in [-0.15, -0.1) is 0 Å². The average Bonchev–Trinajstić information content (AvgIpc) is 2.96. The zero-order valence-corrected chi connectivity index (χ0v) is 22.4. The normalized spacial score (nSPS) is 11.3. The lowest BCUT2D eigenvalue weighted by molar-refractivity contribution is -0.136. The van der Waals surface area contributed by atoms with E-state index in [-0.39, 0.29) is 18.1 Å². The second kappa shape index (κ2) is 11.7. The van der Waals surface area contributed by atoms with Crippen LogP contribution in [0.3, 0.4) is 0 Å². The topological polar surface area (TPSA) is 57.6 Å². The van der Waals surface area contributed by atoms with Gasteiger partial charge in [0.05, 0.1) is 17.3 Å². The molecule has 5 rings (SSSR count). The molecule has 8 heteroatoms. The number of carbonyl (C=O) groups is 1. The van der Waals surface area contributed by atoms with E-state index in [1.807, 2.05) is 37.3 Å². The van der Waals surface area contributed by atoms with Crippen LogP contribution in [0.1, 0.15) is 30.5 Å². The van der Waals surface area contributed by atoms with Gasteiger partial charge in [-0.25, -0.2) is 0 Å². The van der Waals surface area contributed by atoms with Crippen molar-refractivity contribution in [3.8, 4) is 34.1 Å². The first-order valence-corrected chi connectivity index (χ1v) is 13.0. The van der Waals surface area contributed by atoms with Crippen LogP contribution in [-0.4, -0.2) is 11.0 Å². The molecule has 0 aliphatic carbocycles. The molecule has 1 aromatic heterocycles. The first kappa shape index (κ1) is 27.7. The van der Waals surface area contributed by atoms with Gasteiger partial charge in [0.15, 0.2) is 5.75 Å². The summed E-state index contributed by atoms with van der Waals surface area (Å²) in [6, 6.07) is 25.6. The van der Waals surface area contributed by atoms with Crippen molar-refractivity contribution in [2.45, 2.75) is 33.1 Å². The van der Waals surface area contributed by atoms with Crippen molar-refractivity contribution >= 4 is 16.9 Å². The lowest BCUT2D eigenvalue weighted by atomic mass is 9.98. The number of pyridine rings is 1. The number of carbonyl (C=O) groups excluding carboxylic acids is 1. The molecule has 0 saturated heterocycles. The van der Waals surface area contributed by atoms with Gasteiger partial charge in [0.1, 0.15) is 23.9 Å². The highest BCUT2D eigenvalue weighted by Crippen LogP contribution is 2.42. The fourth-order valence-corrected chi connectivity index (χ4v) is 4.59. The summed E-state index contributed by atoms with van der Waals surface area (Å²) in [4.78, 5) is 15.5. The molecule has 0 N–H and O–H groups in total. The number of fused-ring (bicyclic) bond motifs is 1. The molecule has 1 heterocycles. The molecule has 41 heavy (non-hydrogen) atoms. The summed E-state index contributed by atoms with van der Waals surface area (Å²) in [5, 5.41) is 0.305. The molecule has 0 atom stereocenters. The van der Waals surface area contributed by atoms with E-state index in [0.29, 0.717) is 45.9 Å². The Morgan fingerprint density at radius 2 is 1.61 bits per heavy atom. The minimum Gasteiger partial charge on any atom is -0.489 e. The number of esters is 1. The highest BCUT2D eigenvalue weighted by atomic mass is 19.4. The predicted octanol–water partition coefficient (Wildman–Crippen LogP) is 8.78. The molecule has 0 radical (unpaired) electrons. The maximum Gasteiger partial charge on any atom is 0.418 e. The fraction of sp³-hybridized carbons (Fsp3) is 0.152. The first-order chi connectivity index (χ1) is 19.7. The largest absolute Gasteiger partial charge is 0.489 e. The molecule has 0 saturated carbocycles. The smallest absolute Gasteiger partial charge is 0.418 e. The van der Waals surface area contributed by atoms with Crippen LogP contribution in [-0.2, 0) is 24.0 Å². The summed E-state index contributed by atoms with van der Waals surface area (Å²) in [6.45, 7) is 3.56. The third-order valence-corrected chi connectivity index (χ3v) is 6.43. The molecular formula is C33H26F3NO4. The quantitative estimate of drug-likeness (QED) is 0.141. The Hall–Kier alpha value is -4.85. The third-order valence-electron chi connectivity index (χ3n) is 6.43. The van der Waals surface area contributed by atoms with Gasteiger partial charge in [0.25, 0.3) is 0 Å². The van der Waals surface area contributed by atoms with Gasteiger partial charge in [-0.1, -0.05) is 55.5 Å². The number of benzene rings is 4. The maximum atomic E-state index is 13.9. The number of rotatable bonds is 8. The molecule has 4 aromatic carbocycles. The number of nitrogens with zero attached hydrogens (tertiary/aromatic N) is 1. The van der Waals surface area contributed by atoms with E-state index in [2.05, 4.69) is 4.98 Å². The molecule has 0 amide bonds. The van der Waals surface area contributed by atoms with Crippen LogP contribution in [0.5, 0.6) is 23.0 Å². The summed E-state index contributed by atoms with van der Waals surface area (Å²) in [5.41, 5.74) is 1.84. The second-order valence-electron chi connectivity index (χ2n) is 9.32. The molecule has 0 unspecified atom stereocenters. The van der Waals surface area contributed by atoms with Crippen LogP contribution in [0, 0.1) is 0 Å². The third kappa shape index (κ3) is 6.32. The standard InChI is InChI=1S/C33H26F3NO4/c1-3-23-17-22(15-16-29(23)40-21(2)38)20-39-26-12-7-9-24(18-26)31-27-13-8-14-28(33(34,35)36)32(27)37-19-30(31)41-25-10-5-4-6-11-25/h4-19H,3,20H2,1-2H3. The molecule has 0 spiro atoms. The van der Waals surface area contributed by atoms with Crippen LogP contribution in [0.2, 0.25) is 0 Å². The number of hydrogen-bond donors (Lipinski definition) is 0. The number of aryl methyl sites for hydroxylation is 1. The number of hydrogen-bond acceptors (Lipinski definition) is 5. The molecular weight excluding hydrogens is 531 g/mol. The van der Waals surface area contributed by atoms with Crippen LogP contribution in [0.15, 0.2) is 97.2 Å². The van der Waals surface area contributed by atoms with Crippen LogP contribution < -0.4 is 14.2 Å². The van der Waals surface area contributed by atoms with Gasteiger partial charge in [-0.2, -0.15) is 13.2 Å². The van der Waals surface area contributed by atoms with E-state index in [4.69, 9.17) is 14.2 Å². The number of ether oxygens (including phenoxy) is 3. The van der Waals surface area contributed by atoms with E-state index >= 15 is 0 Å². The molecule has 5 nitrogen and oxygen atoms in total. The van der Waals surface area contributed by atoms with Gasteiger partial charge >= 0.3 is 12.1 Å². The zero-order chi connectivity index (χ0) is 29.0. The lowest BCUT2D eigenvalue weighted by Crippen LogP contribution is -2.07. The van der Waals surface area contributed by atoms with E-state index in [9.17, 15) is 18.0 Å². The van der Waals surface area contributed by atoms with E-state index < -0.39 is 11.7 Å². The Morgan fingerprint density at radius 3 is 2.34 bits per heavy atom. The van der Waals surface area contributed by atoms with Crippen molar-refractivity contribution in [3.63, 3.8) is 0 Å². The zero-order valence-electron chi connectivity index (χ0n) is 22.4. The number of alkyl halides is 3. The van der Waals surface area contributed by atoms with Crippen molar-refractivity contribution in [1.29, 1.82) is 0 Å². The van der Waals surface area contributed by atoms with Crippen molar-refractivity contribution < 1.29 is 32.2 Å².